The molecule has 170 valence electrons. The second-order valence-electron chi connectivity index (χ2n) is 7.78. The van der Waals surface area contributed by atoms with Gasteiger partial charge in [0.05, 0.1) is 28.6 Å². The average Bonchev–Trinajstić information content (AvgIpc) is 3.23. The molecular formula is C23H22Cl2N6O2. The van der Waals surface area contributed by atoms with Gasteiger partial charge in [-0.05, 0) is 56.3 Å². The smallest absolute Gasteiger partial charge is 0.169 e. The first-order valence-electron chi connectivity index (χ1n) is 10.6. The highest BCUT2D eigenvalue weighted by Crippen LogP contribution is 2.39. The number of halogens is 2. The Bertz CT molecular complexity index is 1320. The molecule has 33 heavy (non-hydrogen) atoms. The molecule has 5 rings (SSSR count). The standard InChI is InChI=1S/C23H22Cl2N6O2/c1-32-19-10-13(2-5-18(19)33-15-3-4-16(24)17(25)11-15)21-20-22(26)28-12-29-23(20)31(30-21)14-6-8-27-9-7-14/h2-5,10-12,14,27H,6-9H2,1H3,(H2,26,28,29). The molecule has 1 aliphatic heterocycles. The summed E-state index contributed by atoms with van der Waals surface area (Å²) in [6.07, 6.45) is 3.43. The number of ether oxygens (including phenoxy) is 2. The molecule has 3 heterocycles. The van der Waals surface area contributed by atoms with Crippen LogP contribution in [-0.4, -0.2) is 39.9 Å². The third-order valence-corrected chi connectivity index (χ3v) is 6.47. The zero-order valence-corrected chi connectivity index (χ0v) is 19.4. The molecule has 3 N–H and O–H groups in total. The summed E-state index contributed by atoms with van der Waals surface area (Å²) in [6.45, 7) is 1.88. The van der Waals surface area contributed by atoms with E-state index in [4.69, 9.17) is 43.5 Å². The molecule has 0 aliphatic carbocycles. The van der Waals surface area contributed by atoms with E-state index in [1.165, 1.54) is 6.33 Å². The van der Waals surface area contributed by atoms with Crippen LogP contribution in [0.3, 0.4) is 0 Å². The Labute approximate surface area is 200 Å². The first kappa shape index (κ1) is 21.8. The number of nitrogens with one attached hydrogen (secondary N) is 1. The number of benzene rings is 2. The van der Waals surface area contributed by atoms with E-state index >= 15 is 0 Å². The predicted molar refractivity (Wildman–Crippen MR) is 129 cm³/mol. The van der Waals surface area contributed by atoms with Crippen LogP contribution in [-0.2, 0) is 0 Å². The number of hydrogen-bond donors (Lipinski definition) is 2. The van der Waals surface area contributed by atoms with E-state index < -0.39 is 0 Å². The number of nitrogen functional groups attached to an aromatic ring is 1. The van der Waals surface area contributed by atoms with Crippen LogP contribution in [0.1, 0.15) is 18.9 Å². The lowest BCUT2D eigenvalue weighted by Gasteiger charge is -2.23. The molecule has 0 unspecified atom stereocenters. The molecule has 0 amide bonds. The van der Waals surface area contributed by atoms with Gasteiger partial charge in [-0.3, -0.25) is 0 Å². The number of rotatable bonds is 5. The van der Waals surface area contributed by atoms with Crippen molar-refractivity contribution in [2.45, 2.75) is 18.9 Å². The van der Waals surface area contributed by atoms with Gasteiger partial charge in [0, 0.05) is 11.6 Å². The monoisotopic (exact) mass is 484 g/mol. The summed E-state index contributed by atoms with van der Waals surface area (Å²) < 4.78 is 13.6. The molecule has 0 saturated carbocycles. The molecule has 8 nitrogen and oxygen atoms in total. The Kier molecular flexibility index (Phi) is 5.97. The Morgan fingerprint density at radius 3 is 2.61 bits per heavy atom. The van der Waals surface area contributed by atoms with Gasteiger partial charge in [-0.1, -0.05) is 23.2 Å². The highest BCUT2D eigenvalue weighted by molar-refractivity contribution is 6.42. The van der Waals surface area contributed by atoms with E-state index in [1.807, 2.05) is 22.9 Å². The molecule has 0 radical (unpaired) electrons. The van der Waals surface area contributed by atoms with Crippen molar-refractivity contribution in [2.24, 2.45) is 0 Å². The minimum Gasteiger partial charge on any atom is -0.493 e. The summed E-state index contributed by atoms with van der Waals surface area (Å²) in [6, 6.07) is 10.9. The van der Waals surface area contributed by atoms with Gasteiger partial charge in [-0.2, -0.15) is 5.10 Å². The number of anilines is 1. The van der Waals surface area contributed by atoms with E-state index in [1.54, 1.807) is 25.3 Å². The molecular weight excluding hydrogens is 463 g/mol. The van der Waals surface area contributed by atoms with Crippen LogP contribution < -0.4 is 20.5 Å². The molecule has 2 aromatic carbocycles. The van der Waals surface area contributed by atoms with Crippen molar-refractivity contribution >= 4 is 40.1 Å². The number of nitrogens with two attached hydrogens (primary N) is 1. The lowest BCUT2D eigenvalue weighted by atomic mass is 10.1. The fourth-order valence-electron chi connectivity index (χ4n) is 4.07. The fraction of sp³-hybridized carbons (Fsp3) is 0.261. The largest absolute Gasteiger partial charge is 0.493 e. The van der Waals surface area contributed by atoms with E-state index in [9.17, 15) is 0 Å². The van der Waals surface area contributed by atoms with Gasteiger partial charge in [-0.15, -0.1) is 0 Å². The molecule has 10 heteroatoms. The normalized spacial score (nSPS) is 14.5. The number of nitrogens with zero attached hydrogens (tertiary/aromatic N) is 4. The van der Waals surface area contributed by atoms with Crippen molar-refractivity contribution in [2.75, 3.05) is 25.9 Å². The van der Waals surface area contributed by atoms with Crippen LogP contribution >= 0.6 is 23.2 Å². The van der Waals surface area contributed by atoms with Gasteiger partial charge in [0.2, 0.25) is 0 Å². The summed E-state index contributed by atoms with van der Waals surface area (Å²) in [5, 5.41) is 9.92. The van der Waals surface area contributed by atoms with Crippen molar-refractivity contribution in [3.05, 3.63) is 52.8 Å². The minimum absolute atomic E-state index is 0.246. The van der Waals surface area contributed by atoms with Gasteiger partial charge < -0.3 is 20.5 Å². The number of aromatic nitrogens is 4. The van der Waals surface area contributed by atoms with Crippen molar-refractivity contribution in [1.29, 1.82) is 0 Å². The Hall–Kier alpha value is -3.07. The van der Waals surface area contributed by atoms with E-state index in [2.05, 4.69) is 15.3 Å². The van der Waals surface area contributed by atoms with Crippen LogP contribution in [0.15, 0.2) is 42.7 Å². The van der Waals surface area contributed by atoms with Crippen molar-refractivity contribution < 1.29 is 9.47 Å². The van der Waals surface area contributed by atoms with Crippen molar-refractivity contribution in [3.8, 4) is 28.5 Å². The van der Waals surface area contributed by atoms with Crippen molar-refractivity contribution in [3.63, 3.8) is 0 Å². The lowest BCUT2D eigenvalue weighted by Crippen LogP contribution is -2.30. The van der Waals surface area contributed by atoms with Crippen LogP contribution in [0.2, 0.25) is 10.0 Å². The van der Waals surface area contributed by atoms with Gasteiger partial charge in [-0.25, -0.2) is 14.6 Å². The van der Waals surface area contributed by atoms with E-state index in [0.29, 0.717) is 38.8 Å². The number of fused-ring (bicyclic) bond motifs is 1. The topological polar surface area (TPSA) is 100 Å². The Balaban J connectivity index is 1.56. The third kappa shape index (κ3) is 4.17. The average molecular weight is 485 g/mol. The molecule has 1 saturated heterocycles. The lowest BCUT2D eigenvalue weighted by molar-refractivity contribution is 0.350. The first-order valence-corrected chi connectivity index (χ1v) is 11.3. The van der Waals surface area contributed by atoms with Crippen molar-refractivity contribution in [1.82, 2.24) is 25.1 Å². The Morgan fingerprint density at radius 1 is 1.03 bits per heavy atom. The second kappa shape index (κ2) is 9.05. The maximum atomic E-state index is 6.27. The first-order chi connectivity index (χ1) is 16.0. The minimum atomic E-state index is 0.246. The molecule has 1 aliphatic rings. The number of piperidine rings is 1. The highest BCUT2D eigenvalue weighted by atomic mass is 35.5. The van der Waals surface area contributed by atoms with Gasteiger partial charge in [0.1, 0.15) is 23.6 Å². The predicted octanol–water partition coefficient (Wildman–Crippen LogP) is 5.11. The quantitative estimate of drug-likeness (QED) is 0.405. The summed E-state index contributed by atoms with van der Waals surface area (Å²) in [5.74, 6) is 2.02. The van der Waals surface area contributed by atoms with Crippen LogP contribution in [0, 0.1) is 0 Å². The number of hydrogen-bond acceptors (Lipinski definition) is 7. The molecule has 1 fully saturated rings. The molecule has 0 atom stereocenters. The second-order valence-corrected chi connectivity index (χ2v) is 8.59. The van der Waals surface area contributed by atoms with Gasteiger partial charge in [0.15, 0.2) is 17.1 Å². The van der Waals surface area contributed by atoms with Gasteiger partial charge in [0.25, 0.3) is 0 Å². The maximum absolute atomic E-state index is 6.27. The van der Waals surface area contributed by atoms with E-state index in [0.717, 1.165) is 42.5 Å². The SMILES string of the molecule is COc1cc(-c2nn(C3CCNCC3)c3ncnc(N)c23)ccc1Oc1ccc(Cl)c(Cl)c1. The zero-order valence-electron chi connectivity index (χ0n) is 17.9. The molecule has 4 aromatic rings. The summed E-state index contributed by atoms with van der Waals surface area (Å²) in [7, 11) is 1.59. The van der Waals surface area contributed by atoms with Crippen LogP contribution in [0.5, 0.6) is 17.2 Å². The van der Waals surface area contributed by atoms with Gasteiger partial charge >= 0.3 is 0 Å². The summed E-state index contributed by atoms with van der Waals surface area (Å²) >= 11 is 12.1. The molecule has 2 aromatic heterocycles. The third-order valence-electron chi connectivity index (χ3n) is 5.73. The maximum Gasteiger partial charge on any atom is 0.169 e. The van der Waals surface area contributed by atoms with Crippen LogP contribution in [0.25, 0.3) is 22.3 Å². The Morgan fingerprint density at radius 2 is 1.85 bits per heavy atom. The zero-order chi connectivity index (χ0) is 22.9. The molecule has 0 bridgehead atoms. The van der Waals surface area contributed by atoms with Crippen LogP contribution in [0.4, 0.5) is 5.82 Å². The number of methoxy groups -OCH3 is 1. The summed E-state index contributed by atoms with van der Waals surface area (Å²) in [5.41, 5.74) is 8.54. The fourth-order valence-corrected chi connectivity index (χ4v) is 4.36. The molecule has 0 spiro atoms. The summed E-state index contributed by atoms with van der Waals surface area (Å²) in [4.78, 5) is 8.71. The highest BCUT2D eigenvalue weighted by Gasteiger charge is 2.24. The van der Waals surface area contributed by atoms with E-state index in [-0.39, 0.29) is 6.04 Å².